The minimum Gasteiger partial charge on any atom is -0.305 e. The predicted molar refractivity (Wildman–Crippen MR) is 99.4 cm³/mol. The Labute approximate surface area is 163 Å². The van der Waals surface area contributed by atoms with E-state index in [0.29, 0.717) is 11.4 Å². The molecular weight excluding hydrogens is 386 g/mol. The monoisotopic (exact) mass is 397 g/mol. The molecule has 11 heteroatoms. The van der Waals surface area contributed by atoms with Crippen molar-refractivity contribution in [3.63, 3.8) is 0 Å². The molecule has 0 radical (unpaired) electrons. The smallest absolute Gasteiger partial charge is 0.288 e. The topological polar surface area (TPSA) is 140 Å². The van der Waals surface area contributed by atoms with Crippen molar-refractivity contribution in [1.29, 1.82) is 5.26 Å². The maximum Gasteiger partial charge on any atom is 0.288 e. The van der Waals surface area contributed by atoms with E-state index < -0.39 is 16.5 Å². The Morgan fingerprint density at radius 2 is 2.00 bits per heavy atom. The second-order valence-corrected chi connectivity index (χ2v) is 6.11. The summed E-state index contributed by atoms with van der Waals surface area (Å²) in [5.41, 5.74) is 0.901. The van der Waals surface area contributed by atoms with Gasteiger partial charge >= 0.3 is 0 Å². The first-order valence-electron chi connectivity index (χ1n) is 7.87. The highest BCUT2D eigenvalue weighted by molar-refractivity contribution is 6.36. The summed E-state index contributed by atoms with van der Waals surface area (Å²) in [6, 6.07) is 7.55. The van der Waals surface area contributed by atoms with E-state index in [0.717, 1.165) is 0 Å². The highest BCUT2D eigenvalue weighted by Gasteiger charge is 2.23. The van der Waals surface area contributed by atoms with Crippen LogP contribution in [0.2, 0.25) is 5.02 Å². The van der Waals surface area contributed by atoms with Crippen LogP contribution in [0, 0.1) is 35.3 Å². The number of nitriles is 1. The van der Waals surface area contributed by atoms with Gasteiger partial charge < -0.3 is 5.32 Å². The third kappa shape index (κ3) is 3.51. The lowest BCUT2D eigenvalue weighted by Crippen LogP contribution is -2.18. The van der Waals surface area contributed by atoms with Crippen molar-refractivity contribution in [1.82, 2.24) is 19.7 Å². The SMILES string of the molecule is Cc1cc(C)nc(-n2ncc(C#N)c2NC(=O)c2cccc([N+](=O)[O-])c2Cl)n1. The Balaban J connectivity index is 2.05. The van der Waals surface area contributed by atoms with Crippen LogP contribution < -0.4 is 5.32 Å². The fourth-order valence-corrected chi connectivity index (χ4v) is 2.80. The van der Waals surface area contributed by atoms with Gasteiger partial charge in [0.25, 0.3) is 17.5 Å². The van der Waals surface area contributed by atoms with Crippen LogP contribution in [0.4, 0.5) is 11.5 Å². The minimum atomic E-state index is -0.740. The number of nitrogens with zero attached hydrogens (tertiary/aromatic N) is 6. The number of aromatic nitrogens is 4. The van der Waals surface area contributed by atoms with Crippen molar-refractivity contribution in [2.45, 2.75) is 13.8 Å². The van der Waals surface area contributed by atoms with Gasteiger partial charge in [-0.15, -0.1) is 0 Å². The number of nitro benzene ring substituents is 1. The number of rotatable bonds is 4. The van der Waals surface area contributed by atoms with Crippen LogP contribution in [0.5, 0.6) is 0 Å². The van der Waals surface area contributed by atoms with Crippen molar-refractivity contribution in [2.75, 3.05) is 5.32 Å². The molecule has 3 rings (SSSR count). The van der Waals surface area contributed by atoms with Crippen LogP contribution in [-0.4, -0.2) is 30.6 Å². The van der Waals surface area contributed by atoms with Crippen LogP contribution in [-0.2, 0) is 0 Å². The van der Waals surface area contributed by atoms with E-state index in [1.165, 1.54) is 29.1 Å². The molecule has 0 atom stereocenters. The van der Waals surface area contributed by atoms with Crippen molar-refractivity contribution < 1.29 is 9.72 Å². The Kier molecular flexibility index (Phi) is 5.02. The van der Waals surface area contributed by atoms with Gasteiger partial charge in [0.05, 0.1) is 16.7 Å². The first kappa shape index (κ1) is 18.9. The fraction of sp³-hybridized carbons (Fsp3) is 0.118. The van der Waals surface area contributed by atoms with Crippen LogP contribution in [0.15, 0.2) is 30.5 Å². The summed E-state index contributed by atoms with van der Waals surface area (Å²) in [5.74, 6) is -0.546. The summed E-state index contributed by atoms with van der Waals surface area (Å²) in [5, 5.41) is 26.6. The fourth-order valence-electron chi connectivity index (χ4n) is 2.52. The minimum absolute atomic E-state index is 0.0278. The molecule has 28 heavy (non-hydrogen) atoms. The number of hydrogen-bond acceptors (Lipinski definition) is 7. The van der Waals surface area contributed by atoms with Crippen molar-refractivity contribution >= 4 is 29.0 Å². The summed E-state index contributed by atoms with van der Waals surface area (Å²) in [6.45, 7) is 3.54. The molecule has 3 aromatic rings. The number of nitro groups is 1. The zero-order valence-electron chi connectivity index (χ0n) is 14.7. The number of halogens is 1. The molecule has 1 N–H and O–H groups in total. The summed E-state index contributed by atoms with van der Waals surface area (Å²) in [7, 11) is 0. The predicted octanol–water partition coefficient (Wildman–Crippen LogP) is 2.96. The van der Waals surface area contributed by atoms with Gasteiger partial charge in [0, 0.05) is 17.5 Å². The second-order valence-electron chi connectivity index (χ2n) is 5.73. The third-order valence-corrected chi connectivity index (χ3v) is 4.10. The number of anilines is 1. The highest BCUT2D eigenvalue weighted by atomic mass is 35.5. The molecule has 0 saturated heterocycles. The first-order valence-corrected chi connectivity index (χ1v) is 8.24. The van der Waals surface area contributed by atoms with E-state index in [4.69, 9.17) is 11.6 Å². The second kappa shape index (κ2) is 7.42. The summed E-state index contributed by atoms with van der Waals surface area (Å²) in [4.78, 5) is 31.6. The maximum absolute atomic E-state index is 12.7. The average Bonchev–Trinajstić information content (AvgIpc) is 3.03. The normalized spacial score (nSPS) is 10.4. The van der Waals surface area contributed by atoms with E-state index in [1.807, 2.05) is 6.07 Å². The summed E-state index contributed by atoms with van der Waals surface area (Å²) >= 11 is 6.00. The van der Waals surface area contributed by atoms with Crippen molar-refractivity contribution in [2.24, 2.45) is 0 Å². The Hall–Kier alpha value is -3.84. The summed E-state index contributed by atoms with van der Waals surface area (Å²) in [6.07, 6.45) is 1.26. The van der Waals surface area contributed by atoms with E-state index >= 15 is 0 Å². The van der Waals surface area contributed by atoms with Gasteiger partial charge in [-0.05, 0) is 26.0 Å². The molecule has 10 nitrogen and oxygen atoms in total. The Morgan fingerprint density at radius 3 is 2.61 bits per heavy atom. The lowest BCUT2D eigenvalue weighted by Gasteiger charge is -2.10. The maximum atomic E-state index is 12.7. The standard InChI is InChI=1S/C17H12ClN7O3/c1-9-6-10(2)22-17(21-9)24-15(11(7-19)8-20-24)23-16(26)12-4-3-5-13(14(12)18)25(27)28/h3-6,8H,1-2H3,(H,23,26). The van der Waals surface area contributed by atoms with Crippen LogP contribution in [0.3, 0.4) is 0 Å². The van der Waals surface area contributed by atoms with E-state index in [1.54, 1.807) is 19.9 Å². The largest absolute Gasteiger partial charge is 0.305 e. The van der Waals surface area contributed by atoms with E-state index in [2.05, 4.69) is 20.4 Å². The number of carbonyl (C=O) groups excluding carboxylic acids is 1. The molecule has 0 aliphatic rings. The van der Waals surface area contributed by atoms with Crippen LogP contribution >= 0.6 is 11.6 Å². The number of hydrogen-bond donors (Lipinski definition) is 1. The van der Waals surface area contributed by atoms with Crippen LogP contribution in [0.1, 0.15) is 27.3 Å². The molecule has 2 aromatic heterocycles. The van der Waals surface area contributed by atoms with Crippen molar-refractivity contribution in [3.05, 3.63) is 68.1 Å². The highest BCUT2D eigenvalue weighted by Crippen LogP contribution is 2.29. The molecule has 0 unspecified atom stereocenters. The zero-order chi connectivity index (χ0) is 20.4. The molecule has 0 saturated carbocycles. The molecule has 0 bridgehead atoms. The van der Waals surface area contributed by atoms with Gasteiger partial charge in [0.2, 0.25) is 0 Å². The number of carbonyl (C=O) groups is 1. The number of nitrogens with one attached hydrogen (secondary N) is 1. The van der Waals surface area contributed by atoms with Crippen molar-refractivity contribution in [3.8, 4) is 12.0 Å². The average molecular weight is 398 g/mol. The Bertz CT molecular complexity index is 1130. The molecular formula is C17H12ClN7O3. The molecule has 2 heterocycles. The molecule has 0 fully saturated rings. The first-order chi connectivity index (χ1) is 13.3. The molecule has 0 aliphatic heterocycles. The number of amides is 1. The molecule has 1 amide bonds. The van der Waals surface area contributed by atoms with Gasteiger partial charge in [-0.1, -0.05) is 17.7 Å². The van der Waals surface area contributed by atoms with Gasteiger partial charge in [-0.25, -0.2) is 9.97 Å². The molecule has 1 aromatic carbocycles. The van der Waals surface area contributed by atoms with Gasteiger partial charge in [0.1, 0.15) is 16.7 Å². The van der Waals surface area contributed by atoms with Gasteiger partial charge in [0.15, 0.2) is 5.82 Å². The van der Waals surface area contributed by atoms with Gasteiger partial charge in [-0.2, -0.15) is 15.0 Å². The van der Waals surface area contributed by atoms with Crippen LogP contribution in [0.25, 0.3) is 5.95 Å². The quantitative estimate of drug-likeness (QED) is 0.527. The number of aryl methyl sites for hydroxylation is 2. The lowest BCUT2D eigenvalue weighted by molar-refractivity contribution is -0.384. The summed E-state index contributed by atoms with van der Waals surface area (Å²) < 4.78 is 1.21. The Morgan fingerprint density at radius 1 is 1.32 bits per heavy atom. The zero-order valence-corrected chi connectivity index (χ0v) is 15.4. The molecule has 140 valence electrons. The lowest BCUT2D eigenvalue weighted by atomic mass is 10.2. The van der Waals surface area contributed by atoms with E-state index in [9.17, 15) is 20.2 Å². The van der Waals surface area contributed by atoms with E-state index in [-0.39, 0.29) is 27.9 Å². The number of benzene rings is 1. The molecule has 0 aliphatic carbocycles. The molecule has 0 spiro atoms. The van der Waals surface area contributed by atoms with Gasteiger partial charge in [-0.3, -0.25) is 14.9 Å². The third-order valence-electron chi connectivity index (χ3n) is 3.70.